The summed E-state index contributed by atoms with van der Waals surface area (Å²) in [5, 5.41) is 12.1. The zero-order chi connectivity index (χ0) is 44.7. The van der Waals surface area contributed by atoms with Crippen LogP contribution in [-0.4, -0.2) is 9.55 Å². The van der Waals surface area contributed by atoms with E-state index in [4.69, 9.17) is 16.6 Å². The van der Waals surface area contributed by atoms with E-state index in [0.717, 1.165) is 33.7 Å². The van der Waals surface area contributed by atoms with Crippen LogP contribution >= 0.6 is 0 Å². The van der Waals surface area contributed by atoms with Gasteiger partial charge in [0, 0.05) is 66.9 Å². The molecule has 59 heavy (non-hydrogen) atoms. The number of aryl methyl sites for hydroxylation is 1. The molecule has 6 nitrogen and oxygen atoms in total. The van der Waals surface area contributed by atoms with Gasteiger partial charge in [0.15, 0.2) is 0 Å². The molecule has 296 valence electrons. The molecule has 1 aliphatic heterocycles. The van der Waals surface area contributed by atoms with E-state index in [-0.39, 0.29) is 49.5 Å². The zero-order valence-corrected chi connectivity index (χ0v) is 36.1. The van der Waals surface area contributed by atoms with Gasteiger partial charge in [-0.1, -0.05) is 119 Å². The average Bonchev–Trinajstić information content (AvgIpc) is 3.81. The van der Waals surface area contributed by atoms with Gasteiger partial charge in [0.05, 0.1) is 12.9 Å². The van der Waals surface area contributed by atoms with Crippen molar-refractivity contribution in [2.75, 3.05) is 9.80 Å². The van der Waals surface area contributed by atoms with Crippen LogP contribution in [0.15, 0.2) is 133 Å². The van der Waals surface area contributed by atoms with E-state index >= 15 is 0 Å². The number of hydrogen-bond acceptors (Lipinski definition) is 5. The second kappa shape index (κ2) is 15.2. The van der Waals surface area contributed by atoms with Crippen LogP contribution in [-0.2, 0) is 31.9 Å². The Bertz CT molecular complexity index is 3160. The number of aromatic nitrogens is 2. The first kappa shape index (κ1) is 33.8. The van der Waals surface area contributed by atoms with Gasteiger partial charge in [-0.2, -0.15) is 11.3 Å². The van der Waals surface area contributed by atoms with Crippen LogP contribution in [0.5, 0.6) is 11.5 Å². The standard InChI is InChI=1S/C52H44N5O.Pt/c1-34-24-49(54-32-44(34)35-16-9-8-10-17-35)57-45-21-12-11-20-43(45)50-36(31-53)25-42(30-48(50)57)58-41-19-15-18-39(29-41)55-33-56(47-23-14-13-22-46(47)55)40-27-37(51(2,3)4)26-38(28-40)52(5,6)7;/h8-28,32-33H,1-7H3;/q-3;/i8D,9D,10D,16D,17D;. The summed E-state index contributed by atoms with van der Waals surface area (Å²) in [6.45, 7) is 17.4. The quantitative estimate of drug-likeness (QED) is 0.155. The Balaban J connectivity index is 0.00000560. The van der Waals surface area contributed by atoms with Gasteiger partial charge in [-0.05, 0) is 87.4 Å². The predicted molar refractivity (Wildman–Crippen MR) is 237 cm³/mol. The summed E-state index contributed by atoms with van der Waals surface area (Å²) in [6, 6.07) is 39.6. The van der Waals surface area contributed by atoms with E-state index in [1.165, 1.54) is 17.3 Å². The number of hydrogen-bond donors (Lipinski definition) is 0. The van der Waals surface area contributed by atoms with Gasteiger partial charge in [0.25, 0.3) is 0 Å². The molecule has 0 N–H and O–H groups in total. The maximum Gasteiger partial charge on any atom is 0.135 e. The largest absolute Gasteiger partial charge is 0.509 e. The van der Waals surface area contributed by atoms with Crippen LogP contribution in [0.4, 0.5) is 22.7 Å². The van der Waals surface area contributed by atoms with E-state index in [1.807, 2.05) is 66.1 Å². The molecule has 2 aromatic heterocycles. The molecular weight excluding hydrogens is 906 g/mol. The van der Waals surface area contributed by atoms with Crippen LogP contribution in [0.1, 0.15) is 70.7 Å². The van der Waals surface area contributed by atoms with Crippen molar-refractivity contribution in [1.29, 1.82) is 5.26 Å². The minimum Gasteiger partial charge on any atom is -0.509 e. The molecule has 0 saturated carbocycles. The molecule has 0 fully saturated rings. The third kappa shape index (κ3) is 7.30. The first-order valence-electron chi connectivity index (χ1n) is 21.8. The van der Waals surface area contributed by atoms with E-state index < -0.39 is 18.1 Å². The number of benzene rings is 6. The number of anilines is 4. The molecule has 1 aliphatic rings. The van der Waals surface area contributed by atoms with Crippen LogP contribution in [0, 0.1) is 37.1 Å². The van der Waals surface area contributed by atoms with Crippen LogP contribution in [0.3, 0.4) is 0 Å². The van der Waals surface area contributed by atoms with Crippen molar-refractivity contribution in [2.24, 2.45) is 0 Å². The number of ether oxygens (including phenoxy) is 1. The number of rotatable bonds is 6. The van der Waals surface area contributed by atoms with Crippen LogP contribution in [0.2, 0.25) is 0 Å². The van der Waals surface area contributed by atoms with Crippen LogP contribution < -0.4 is 14.5 Å². The van der Waals surface area contributed by atoms with Gasteiger partial charge >= 0.3 is 0 Å². The second-order valence-corrected chi connectivity index (χ2v) is 16.7. The molecule has 0 spiro atoms. The normalized spacial score (nSPS) is 13.9. The van der Waals surface area contributed by atoms with E-state index in [2.05, 4.69) is 113 Å². The van der Waals surface area contributed by atoms with E-state index in [1.54, 1.807) is 6.07 Å². The summed E-state index contributed by atoms with van der Waals surface area (Å²) in [7, 11) is 0. The van der Waals surface area contributed by atoms with E-state index in [9.17, 15) is 5.26 Å². The molecule has 0 amide bonds. The summed E-state index contributed by atoms with van der Waals surface area (Å²) >= 11 is 0. The second-order valence-electron chi connectivity index (χ2n) is 16.7. The molecule has 7 heteroatoms. The molecule has 0 atom stereocenters. The monoisotopic (exact) mass is 954 g/mol. The average molecular weight is 955 g/mol. The summed E-state index contributed by atoms with van der Waals surface area (Å²) < 4.78 is 50.1. The summed E-state index contributed by atoms with van der Waals surface area (Å²) in [6.07, 6.45) is 1.53. The SMILES string of the molecule is [2H]c1c([2H])c([2H])c(-c2cnc(-n3c4[c-]c(Oc5[c-]c(N6[CH-]N(c7cc(C(C)(C)C)cc(C(C)(C)C)c7)c7ccccc76)ccc5)cc(C#N)c4c4ccccc43)cc2C)c([2H])c1[2H].[Pt]. The fourth-order valence-corrected chi connectivity index (χ4v) is 7.56. The number of nitriles is 1. The number of nitrogens with zero attached hydrogens (tertiary/aromatic N) is 5. The maximum absolute atomic E-state index is 10.6. The molecule has 0 aliphatic carbocycles. The van der Waals surface area contributed by atoms with Crippen LogP contribution in [0.25, 0.3) is 38.8 Å². The van der Waals surface area contributed by atoms with Gasteiger partial charge in [-0.15, -0.1) is 42.7 Å². The Kier molecular flexibility index (Phi) is 8.72. The topological polar surface area (TPSA) is 57.3 Å². The van der Waals surface area contributed by atoms with Crippen molar-refractivity contribution in [1.82, 2.24) is 9.55 Å². The Morgan fingerprint density at radius 1 is 0.763 bits per heavy atom. The predicted octanol–water partition coefficient (Wildman–Crippen LogP) is 13.4. The van der Waals surface area contributed by atoms with Crippen molar-refractivity contribution in [2.45, 2.75) is 59.3 Å². The van der Waals surface area contributed by atoms with Crippen molar-refractivity contribution < 1.29 is 32.7 Å². The van der Waals surface area contributed by atoms with Crippen molar-refractivity contribution in [3.05, 3.63) is 175 Å². The summed E-state index contributed by atoms with van der Waals surface area (Å²) in [5.41, 5.74) is 9.19. The molecule has 0 bridgehead atoms. The molecule has 3 heterocycles. The minimum atomic E-state index is -0.452. The Morgan fingerprint density at radius 2 is 1.44 bits per heavy atom. The minimum absolute atomic E-state index is 0. The zero-order valence-electron chi connectivity index (χ0n) is 38.9. The number of para-hydroxylation sites is 3. The first-order valence-corrected chi connectivity index (χ1v) is 19.3. The van der Waals surface area contributed by atoms with E-state index in [0.29, 0.717) is 44.9 Å². The Morgan fingerprint density at radius 3 is 2.12 bits per heavy atom. The molecular formula is C52H44N5OPt-3. The molecule has 0 saturated heterocycles. The van der Waals surface area contributed by atoms with Gasteiger partial charge in [0.2, 0.25) is 0 Å². The smallest absolute Gasteiger partial charge is 0.135 e. The summed E-state index contributed by atoms with van der Waals surface area (Å²) in [4.78, 5) is 9.13. The molecule has 6 aromatic carbocycles. The summed E-state index contributed by atoms with van der Waals surface area (Å²) in [5.74, 6) is 1.24. The van der Waals surface area contributed by atoms with Gasteiger partial charge in [-0.3, -0.25) is 0 Å². The Labute approximate surface area is 368 Å². The van der Waals surface area contributed by atoms with Gasteiger partial charge in [-0.25, -0.2) is 4.98 Å². The van der Waals surface area contributed by atoms with Crippen molar-refractivity contribution >= 4 is 44.6 Å². The third-order valence-electron chi connectivity index (χ3n) is 10.7. The van der Waals surface area contributed by atoms with Crippen molar-refractivity contribution in [3.63, 3.8) is 0 Å². The van der Waals surface area contributed by atoms with Gasteiger partial charge < -0.3 is 19.1 Å². The molecule has 0 unspecified atom stereocenters. The maximum atomic E-state index is 10.6. The molecule has 9 rings (SSSR count). The van der Waals surface area contributed by atoms with Gasteiger partial charge in [0.1, 0.15) is 5.82 Å². The molecule has 8 aromatic rings. The number of pyridine rings is 1. The number of fused-ring (bicyclic) bond motifs is 4. The fourth-order valence-electron chi connectivity index (χ4n) is 7.56. The Hall–Kier alpha value is -6.15. The third-order valence-corrected chi connectivity index (χ3v) is 10.7. The molecule has 0 radical (unpaired) electrons. The fraction of sp³-hybridized carbons (Fsp3) is 0.173. The first-order chi connectivity index (χ1) is 29.9. The van der Waals surface area contributed by atoms with Crippen molar-refractivity contribution in [3.8, 4) is 34.5 Å².